The first-order chi connectivity index (χ1) is 18.5. The number of halogens is 2. The molecule has 0 aliphatic carbocycles. The second kappa shape index (κ2) is 13.7. The normalized spacial score (nSPS) is 12.2. The molecule has 0 saturated heterocycles. The van der Waals surface area contributed by atoms with Gasteiger partial charge in [-0.2, -0.15) is 12.7 Å². The highest BCUT2D eigenvalue weighted by Crippen LogP contribution is 2.24. The van der Waals surface area contributed by atoms with E-state index in [1.807, 2.05) is 54.6 Å². The zero-order chi connectivity index (χ0) is 28.6. The van der Waals surface area contributed by atoms with Gasteiger partial charge in [0.05, 0.1) is 5.69 Å². The molecule has 0 aliphatic heterocycles. The van der Waals surface area contributed by atoms with E-state index in [0.717, 1.165) is 30.3 Å². The summed E-state index contributed by atoms with van der Waals surface area (Å²) in [6.07, 6.45) is 0.203. The van der Waals surface area contributed by atoms with Crippen LogP contribution in [0.3, 0.4) is 0 Å². The van der Waals surface area contributed by atoms with Crippen LogP contribution in [0, 0.1) is 5.82 Å². The first kappa shape index (κ1) is 30.3. The number of anilines is 1. The van der Waals surface area contributed by atoms with E-state index >= 15 is 0 Å². The van der Waals surface area contributed by atoms with Crippen LogP contribution in [-0.2, 0) is 32.8 Å². The lowest BCUT2D eigenvalue weighted by Crippen LogP contribution is -2.54. The molecule has 0 unspecified atom stereocenters. The number of amides is 2. The molecule has 3 aromatic rings. The summed E-state index contributed by atoms with van der Waals surface area (Å²) < 4.78 is 43.8. The molecule has 0 fully saturated rings. The van der Waals surface area contributed by atoms with E-state index in [9.17, 15) is 22.4 Å². The minimum atomic E-state index is -4.26. The zero-order valence-electron chi connectivity index (χ0n) is 22.1. The maximum atomic E-state index is 14.8. The molecule has 208 valence electrons. The van der Waals surface area contributed by atoms with Gasteiger partial charge in [0.2, 0.25) is 11.8 Å². The summed E-state index contributed by atoms with van der Waals surface area (Å²) in [4.78, 5) is 28.7. The van der Waals surface area contributed by atoms with Crippen LogP contribution < -0.4 is 9.62 Å². The molecule has 0 aliphatic rings. The van der Waals surface area contributed by atoms with Gasteiger partial charge in [0, 0.05) is 38.1 Å². The van der Waals surface area contributed by atoms with Crippen LogP contribution in [0.4, 0.5) is 10.1 Å². The van der Waals surface area contributed by atoms with Crippen LogP contribution in [0.25, 0.3) is 0 Å². The third-order valence-corrected chi connectivity index (χ3v) is 8.36. The van der Waals surface area contributed by atoms with Crippen molar-refractivity contribution in [1.29, 1.82) is 0 Å². The summed E-state index contributed by atoms with van der Waals surface area (Å²) in [5.41, 5.74) is 1.30. The molecular weight excluding hydrogens is 587 g/mol. The molecular formula is C28H32BrFN4O4S. The van der Waals surface area contributed by atoms with Crippen LogP contribution >= 0.6 is 15.9 Å². The average molecular weight is 620 g/mol. The van der Waals surface area contributed by atoms with Gasteiger partial charge < -0.3 is 10.2 Å². The number of hydrogen-bond donors (Lipinski definition) is 1. The minimum absolute atomic E-state index is 0.0356. The molecule has 0 bridgehead atoms. The second-order valence-corrected chi connectivity index (χ2v) is 12.0. The summed E-state index contributed by atoms with van der Waals surface area (Å²) in [5.74, 6) is -1.82. The Bertz CT molecular complexity index is 1370. The summed E-state index contributed by atoms with van der Waals surface area (Å²) in [7, 11) is -1.65. The molecule has 0 heterocycles. The molecule has 39 heavy (non-hydrogen) atoms. The first-order valence-electron chi connectivity index (χ1n) is 12.3. The third-order valence-electron chi connectivity index (χ3n) is 6.03. The van der Waals surface area contributed by atoms with Crippen molar-refractivity contribution in [3.63, 3.8) is 0 Å². The molecule has 1 atom stereocenters. The van der Waals surface area contributed by atoms with E-state index in [1.165, 1.54) is 37.2 Å². The van der Waals surface area contributed by atoms with Crippen LogP contribution in [-0.4, -0.2) is 62.7 Å². The summed E-state index contributed by atoms with van der Waals surface area (Å²) in [5, 5.41) is 2.80. The highest BCUT2D eigenvalue weighted by Gasteiger charge is 2.35. The van der Waals surface area contributed by atoms with Crippen LogP contribution in [0.5, 0.6) is 0 Å². The predicted octanol–water partition coefficient (Wildman–Crippen LogP) is 3.98. The SMILES string of the molecule is CCNC(=O)[C@@H](Cc1ccccc1)N(Cc1ccc(Br)cc1)C(=O)CN(c1ccccc1F)S(=O)(=O)N(C)C. The number of rotatable bonds is 12. The van der Waals surface area contributed by atoms with Crippen molar-refractivity contribution in [2.75, 3.05) is 31.5 Å². The van der Waals surface area contributed by atoms with Crippen molar-refractivity contribution in [1.82, 2.24) is 14.5 Å². The third kappa shape index (κ3) is 7.87. The van der Waals surface area contributed by atoms with Crippen molar-refractivity contribution < 1.29 is 22.4 Å². The molecule has 0 radical (unpaired) electrons. The Morgan fingerprint density at radius 3 is 2.13 bits per heavy atom. The number of carbonyl (C=O) groups is 2. The number of para-hydroxylation sites is 1. The number of hydrogen-bond acceptors (Lipinski definition) is 4. The van der Waals surface area contributed by atoms with Crippen LogP contribution in [0.15, 0.2) is 83.3 Å². The fourth-order valence-corrected chi connectivity index (χ4v) is 5.32. The van der Waals surface area contributed by atoms with E-state index in [1.54, 1.807) is 6.92 Å². The fourth-order valence-electron chi connectivity index (χ4n) is 3.99. The molecule has 11 heteroatoms. The maximum Gasteiger partial charge on any atom is 0.304 e. The highest BCUT2D eigenvalue weighted by atomic mass is 79.9. The Labute approximate surface area is 237 Å². The van der Waals surface area contributed by atoms with Gasteiger partial charge in [-0.3, -0.25) is 9.59 Å². The van der Waals surface area contributed by atoms with Crippen LogP contribution in [0.2, 0.25) is 0 Å². The van der Waals surface area contributed by atoms with Crippen molar-refractivity contribution in [3.8, 4) is 0 Å². The van der Waals surface area contributed by atoms with Gasteiger partial charge in [-0.05, 0) is 42.3 Å². The molecule has 2 amide bonds. The van der Waals surface area contributed by atoms with Gasteiger partial charge in [0.1, 0.15) is 18.4 Å². The number of nitrogens with one attached hydrogen (secondary N) is 1. The number of carbonyl (C=O) groups excluding carboxylic acids is 2. The lowest BCUT2D eigenvalue weighted by molar-refractivity contribution is -0.140. The average Bonchev–Trinajstić information content (AvgIpc) is 2.91. The molecule has 0 aromatic heterocycles. The van der Waals surface area contributed by atoms with E-state index in [2.05, 4.69) is 21.2 Å². The van der Waals surface area contributed by atoms with Gasteiger partial charge >= 0.3 is 10.2 Å². The van der Waals surface area contributed by atoms with E-state index in [-0.39, 0.29) is 24.6 Å². The topological polar surface area (TPSA) is 90.0 Å². The monoisotopic (exact) mass is 618 g/mol. The van der Waals surface area contributed by atoms with Gasteiger partial charge in [-0.25, -0.2) is 8.70 Å². The van der Waals surface area contributed by atoms with Crippen molar-refractivity contribution in [2.24, 2.45) is 0 Å². The number of nitrogens with zero attached hydrogens (tertiary/aromatic N) is 3. The summed E-state index contributed by atoms with van der Waals surface area (Å²) in [6, 6.07) is 20.9. The quantitative estimate of drug-likeness (QED) is 0.332. The van der Waals surface area contributed by atoms with Gasteiger partial charge in [0.25, 0.3) is 0 Å². The standard InChI is InChI=1S/C28H32BrFN4O4S/c1-4-31-28(36)26(18-21-10-6-5-7-11-21)33(19-22-14-16-23(29)17-15-22)27(35)20-34(39(37,38)32(2)3)25-13-9-8-12-24(25)30/h5-17,26H,4,18-20H2,1-3H3,(H,31,36)/t26-/m1/s1. The first-order valence-corrected chi connectivity index (χ1v) is 14.5. The van der Waals surface area contributed by atoms with Crippen molar-refractivity contribution >= 4 is 43.6 Å². The van der Waals surface area contributed by atoms with Crippen molar-refractivity contribution in [2.45, 2.75) is 25.9 Å². The molecule has 0 saturated carbocycles. The van der Waals surface area contributed by atoms with E-state index in [4.69, 9.17) is 0 Å². The Balaban J connectivity index is 2.08. The molecule has 3 aromatic carbocycles. The van der Waals surface area contributed by atoms with E-state index in [0.29, 0.717) is 6.54 Å². The fraction of sp³-hybridized carbons (Fsp3) is 0.286. The summed E-state index contributed by atoms with van der Waals surface area (Å²) in [6.45, 7) is 1.46. The van der Waals surface area contributed by atoms with E-state index < -0.39 is 34.5 Å². The van der Waals surface area contributed by atoms with Gasteiger partial charge in [0.15, 0.2) is 0 Å². The maximum absolute atomic E-state index is 14.8. The number of benzene rings is 3. The Kier molecular flexibility index (Phi) is 10.6. The predicted molar refractivity (Wildman–Crippen MR) is 154 cm³/mol. The lowest BCUT2D eigenvalue weighted by Gasteiger charge is -2.34. The Hall–Kier alpha value is -3.28. The lowest BCUT2D eigenvalue weighted by atomic mass is 10.0. The Morgan fingerprint density at radius 1 is 0.923 bits per heavy atom. The van der Waals surface area contributed by atoms with Crippen LogP contribution in [0.1, 0.15) is 18.1 Å². The molecule has 3 rings (SSSR count). The Morgan fingerprint density at radius 2 is 1.54 bits per heavy atom. The molecule has 1 N–H and O–H groups in total. The molecule has 0 spiro atoms. The molecule has 8 nitrogen and oxygen atoms in total. The zero-order valence-corrected chi connectivity index (χ0v) is 24.5. The summed E-state index contributed by atoms with van der Waals surface area (Å²) >= 11 is 3.40. The van der Waals surface area contributed by atoms with Gasteiger partial charge in [-0.15, -0.1) is 0 Å². The van der Waals surface area contributed by atoms with Gasteiger partial charge in [-0.1, -0.05) is 70.5 Å². The largest absolute Gasteiger partial charge is 0.355 e. The van der Waals surface area contributed by atoms with Crippen molar-refractivity contribution in [3.05, 3.63) is 100 Å². The minimum Gasteiger partial charge on any atom is -0.355 e. The number of likely N-dealkylation sites (N-methyl/N-ethyl adjacent to an activating group) is 1. The smallest absolute Gasteiger partial charge is 0.304 e. The highest BCUT2D eigenvalue weighted by molar-refractivity contribution is 9.10. The second-order valence-electron chi connectivity index (χ2n) is 9.00.